The SMILES string of the molecule is CC1CCC(=S)NO1. The highest BCUT2D eigenvalue weighted by atomic mass is 32.1. The molecule has 0 aromatic rings. The van der Waals surface area contributed by atoms with E-state index in [4.69, 9.17) is 17.1 Å². The average Bonchev–Trinajstić information content (AvgIpc) is 1.77. The second-order valence-electron chi connectivity index (χ2n) is 1.99. The predicted molar refractivity (Wildman–Crippen MR) is 35.5 cm³/mol. The van der Waals surface area contributed by atoms with Gasteiger partial charge >= 0.3 is 0 Å². The molecule has 0 spiro atoms. The summed E-state index contributed by atoms with van der Waals surface area (Å²) in [4.78, 5) is 5.82. The van der Waals surface area contributed by atoms with E-state index in [0.29, 0.717) is 6.10 Å². The minimum absolute atomic E-state index is 0.321. The molecule has 1 aliphatic rings. The van der Waals surface area contributed by atoms with Crippen molar-refractivity contribution in [3.8, 4) is 0 Å². The average molecular weight is 131 g/mol. The van der Waals surface area contributed by atoms with E-state index in [0.717, 1.165) is 17.8 Å². The highest BCUT2D eigenvalue weighted by Gasteiger charge is 2.10. The van der Waals surface area contributed by atoms with Crippen molar-refractivity contribution >= 4 is 17.2 Å². The first-order valence-electron chi connectivity index (χ1n) is 2.73. The van der Waals surface area contributed by atoms with Crippen molar-refractivity contribution in [2.75, 3.05) is 0 Å². The molecule has 1 unspecified atom stereocenters. The molecule has 0 saturated carbocycles. The lowest BCUT2D eigenvalue weighted by molar-refractivity contribution is 0.00456. The minimum atomic E-state index is 0.321. The van der Waals surface area contributed by atoms with Crippen LogP contribution in [0.5, 0.6) is 0 Å². The van der Waals surface area contributed by atoms with Crippen LogP contribution in [0.2, 0.25) is 0 Å². The van der Waals surface area contributed by atoms with Crippen LogP contribution in [0.15, 0.2) is 0 Å². The zero-order chi connectivity index (χ0) is 5.98. The van der Waals surface area contributed by atoms with Gasteiger partial charge in [-0.2, -0.15) is 0 Å². The first-order valence-corrected chi connectivity index (χ1v) is 3.14. The number of hydrogen-bond acceptors (Lipinski definition) is 2. The summed E-state index contributed by atoms with van der Waals surface area (Å²) in [6, 6.07) is 0. The van der Waals surface area contributed by atoms with E-state index in [1.54, 1.807) is 0 Å². The Morgan fingerprint density at radius 2 is 2.62 bits per heavy atom. The maximum Gasteiger partial charge on any atom is 0.100 e. The fourth-order valence-electron chi connectivity index (χ4n) is 0.611. The smallest absolute Gasteiger partial charge is 0.100 e. The molecule has 1 saturated heterocycles. The van der Waals surface area contributed by atoms with Crippen molar-refractivity contribution in [1.82, 2.24) is 5.48 Å². The molecule has 0 radical (unpaired) electrons. The molecule has 0 amide bonds. The molecule has 1 N–H and O–H groups in total. The molecule has 1 fully saturated rings. The highest BCUT2D eigenvalue weighted by Crippen LogP contribution is 2.05. The van der Waals surface area contributed by atoms with Crippen LogP contribution in [0.1, 0.15) is 19.8 Å². The third kappa shape index (κ3) is 1.42. The molecule has 1 heterocycles. The lowest BCUT2D eigenvalue weighted by Crippen LogP contribution is -2.32. The van der Waals surface area contributed by atoms with E-state index in [1.165, 1.54) is 0 Å². The van der Waals surface area contributed by atoms with Gasteiger partial charge < -0.3 is 0 Å². The Kier molecular flexibility index (Phi) is 1.81. The predicted octanol–water partition coefficient (Wildman–Crippen LogP) is 1.02. The van der Waals surface area contributed by atoms with E-state index in [-0.39, 0.29) is 0 Å². The largest absolute Gasteiger partial charge is 0.273 e. The van der Waals surface area contributed by atoms with Crippen molar-refractivity contribution in [1.29, 1.82) is 0 Å². The number of rotatable bonds is 0. The molecule has 46 valence electrons. The van der Waals surface area contributed by atoms with Crippen molar-refractivity contribution in [3.05, 3.63) is 0 Å². The summed E-state index contributed by atoms with van der Waals surface area (Å²) in [6.07, 6.45) is 2.34. The summed E-state index contributed by atoms with van der Waals surface area (Å²) < 4.78 is 0. The van der Waals surface area contributed by atoms with Crippen LogP contribution in [0, 0.1) is 0 Å². The summed E-state index contributed by atoms with van der Waals surface area (Å²) in [7, 11) is 0. The minimum Gasteiger partial charge on any atom is -0.273 e. The van der Waals surface area contributed by atoms with Crippen molar-refractivity contribution < 1.29 is 4.84 Å². The van der Waals surface area contributed by atoms with Gasteiger partial charge in [-0.3, -0.25) is 10.3 Å². The molecule has 0 aromatic carbocycles. The zero-order valence-corrected chi connectivity index (χ0v) is 5.62. The van der Waals surface area contributed by atoms with Crippen LogP contribution in [-0.4, -0.2) is 11.1 Å². The molecule has 0 bridgehead atoms. The maximum atomic E-state index is 5.00. The third-order valence-electron chi connectivity index (χ3n) is 1.15. The van der Waals surface area contributed by atoms with Crippen LogP contribution in [0.4, 0.5) is 0 Å². The Bertz CT molecular complexity index is 94.6. The molecular weight excluding hydrogens is 122 g/mol. The summed E-state index contributed by atoms with van der Waals surface area (Å²) in [5, 5.41) is 0. The molecule has 2 nitrogen and oxygen atoms in total. The molecule has 1 rings (SSSR count). The Hall–Kier alpha value is -0.150. The number of hydrogen-bond donors (Lipinski definition) is 1. The molecule has 0 aliphatic carbocycles. The lowest BCUT2D eigenvalue weighted by Gasteiger charge is -2.19. The fourth-order valence-corrected chi connectivity index (χ4v) is 0.777. The van der Waals surface area contributed by atoms with Gasteiger partial charge in [0.2, 0.25) is 0 Å². The summed E-state index contributed by atoms with van der Waals surface area (Å²) in [6.45, 7) is 2.02. The van der Waals surface area contributed by atoms with Gasteiger partial charge in [0.25, 0.3) is 0 Å². The quantitative estimate of drug-likeness (QED) is 0.496. The number of nitrogens with one attached hydrogen (secondary N) is 1. The van der Waals surface area contributed by atoms with E-state index in [2.05, 4.69) is 5.48 Å². The van der Waals surface area contributed by atoms with Gasteiger partial charge in [-0.05, 0) is 13.3 Å². The summed E-state index contributed by atoms with van der Waals surface area (Å²) in [5.41, 5.74) is 2.66. The van der Waals surface area contributed by atoms with Crippen molar-refractivity contribution in [2.45, 2.75) is 25.9 Å². The second kappa shape index (κ2) is 2.42. The second-order valence-corrected chi connectivity index (χ2v) is 2.49. The van der Waals surface area contributed by atoms with E-state index < -0.39 is 0 Å². The highest BCUT2D eigenvalue weighted by molar-refractivity contribution is 7.80. The molecular formula is C5H9NOS. The monoisotopic (exact) mass is 131 g/mol. The maximum absolute atomic E-state index is 5.00. The number of thiocarbonyl (C=S) groups is 1. The van der Waals surface area contributed by atoms with Gasteiger partial charge in [-0.25, -0.2) is 0 Å². The Balaban J connectivity index is 2.29. The normalized spacial score (nSPS) is 29.6. The molecule has 3 heteroatoms. The Labute approximate surface area is 54.2 Å². The van der Waals surface area contributed by atoms with Crippen LogP contribution >= 0.6 is 12.2 Å². The van der Waals surface area contributed by atoms with Gasteiger partial charge in [0.05, 0.1) is 6.10 Å². The van der Waals surface area contributed by atoms with Crippen LogP contribution in [0.25, 0.3) is 0 Å². The van der Waals surface area contributed by atoms with E-state index >= 15 is 0 Å². The molecule has 8 heavy (non-hydrogen) atoms. The van der Waals surface area contributed by atoms with E-state index in [9.17, 15) is 0 Å². The zero-order valence-electron chi connectivity index (χ0n) is 4.81. The van der Waals surface area contributed by atoms with Crippen LogP contribution < -0.4 is 5.48 Å². The van der Waals surface area contributed by atoms with Gasteiger partial charge in [-0.15, -0.1) is 0 Å². The Morgan fingerprint density at radius 1 is 1.88 bits per heavy atom. The summed E-state index contributed by atoms with van der Waals surface area (Å²) in [5.74, 6) is 0. The van der Waals surface area contributed by atoms with E-state index in [1.807, 2.05) is 6.92 Å². The molecule has 1 aliphatic heterocycles. The first kappa shape index (κ1) is 5.98. The number of hydroxylamine groups is 1. The van der Waals surface area contributed by atoms with Crippen LogP contribution in [-0.2, 0) is 4.84 Å². The fraction of sp³-hybridized carbons (Fsp3) is 0.800. The Morgan fingerprint density at radius 3 is 3.00 bits per heavy atom. The first-order chi connectivity index (χ1) is 3.79. The van der Waals surface area contributed by atoms with Gasteiger partial charge in [0.15, 0.2) is 0 Å². The van der Waals surface area contributed by atoms with Crippen LogP contribution in [0.3, 0.4) is 0 Å². The topological polar surface area (TPSA) is 21.3 Å². The summed E-state index contributed by atoms with van der Waals surface area (Å²) >= 11 is 4.82. The molecule has 0 aromatic heterocycles. The standard InChI is InChI=1S/C5H9NOS/c1-4-2-3-5(8)6-7-4/h4H,2-3H2,1H3,(H,6,8). The van der Waals surface area contributed by atoms with Gasteiger partial charge in [0.1, 0.15) is 4.99 Å². The van der Waals surface area contributed by atoms with Crippen molar-refractivity contribution in [3.63, 3.8) is 0 Å². The van der Waals surface area contributed by atoms with Gasteiger partial charge in [-0.1, -0.05) is 12.2 Å². The van der Waals surface area contributed by atoms with Gasteiger partial charge in [0, 0.05) is 6.42 Å². The molecule has 1 atom stereocenters. The van der Waals surface area contributed by atoms with Crippen molar-refractivity contribution in [2.24, 2.45) is 0 Å². The lowest BCUT2D eigenvalue weighted by atomic mass is 10.2. The third-order valence-corrected chi connectivity index (χ3v) is 1.44.